The molecule has 0 aliphatic heterocycles. The van der Waals surface area contributed by atoms with Crippen molar-refractivity contribution in [2.75, 3.05) is 6.54 Å². The predicted molar refractivity (Wildman–Crippen MR) is 130 cm³/mol. The van der Waals surface area contributed by atoms with Gasteiger partial charge in [-0.15, -0.1) is 0 Å². The number of hydrogen-bond donors (Lipinski definition) is 2. The van der Waals surface area contributed by atoms with Gasteiger partial charge in [0.05, 0.1) is 0 Å². The summed E-state index contributed by atoms with van der Waals surface area (Å²) in [6.07, 6.45) is 2.00. The number of alkyl carbamates (subject to hydrolysis) is 1. The maximum atomic E-state index is 13.6. The Bertz CT molecular complexity index is 841. The van der Waals surface area contributed by atoms with Crippen LogP contribution >= 0.6 is 0 Å². The van der Waals surface area contributed by atoms with Gasteiger partial charge in [0.1, 0.15) is 18.2 Å². The Morgan fingerprint density at radius 3 is 2.24 bits per heavy atom. The highest BCUT2D eigenvalue weighted by molar-refractivity contribution is 5.91. The highest BCUT2D eigenvalue weighted by Crippen LogP contribution is 2.41. The standard InChI is InChI=1S/C26H41N3O4/c1-9-11-19(5)28-24(31)23(22-16(2)12-10-13-17(22)3)29(20-14-18(20)4)21(30)15-27-25(32)33-26(6,7)8/h10,12-13,18-20,23H,9,11,14-15H2,1-8H3,(H,27,32)(H,28,31). The average molecular weight is 460 g/mol. The molecule has 4 atom stereocenters. The largest absolute Gasteiger partial charge is 0.444 e. The van der Waals surface area contributed by atoms with Gasteiger partial charge in [0.2, 0.25) is 11.8 Å². The van der Waals surface area contributed by atoms with Crippen LogP contribution in [0.15, 0.2) is 18.2 Å². The molecule has 0 spiro atoms. The lowest BCUT2D eigenvalue weighted by Crippen LogP contribution is -2.50. The van der Waals surface area contributed by atoms with Crippen molar-refractivity contribution in [3.63, 3.8) is 0 Å². The number of rotatable bonds is 9. The van der Waals surface area contributed by atoms with Crippen LogP contribution in [-0.4, -0.2) is 47.0 Å². The topological polar surface area (TPSA) is 87.7 Å². The van der Waals surface area contributed by atoms with E-state index in [4.69, 9.17) is 4.74 Å². The van der Waals surface area contributed by atoms with Gasteiger partial charge >= 0.3 is 6.09 Å². The second-order valence-corrected chi connectivity index (χ2v) is 10.3. The van der Waals surface area contributed by atoms with E-state index < -0.39 is 17.7 Å². The third-order valence-corrected chi connectivity index (χ3v) is 5.95. The molecule has 184 valence electrons. The van der Waals surface area contributed by atoms with E-state index in [0.29, 0.717) is 5.92 Å². The van der Waals surface area contributed by atoms with E-state index in [-0.39, 0.29) is 30.4 Å². The molecule has 0 radical (unpaired) electrons. The van der Waals surface area contributed by atoms with Crippen LogP contribution in [0.25, 0.3) is 0 Å². The monoisotopic (exact) mass is 459 g/mol. The highest BCUT2D eigenvalue weighted by atomic mass is 16.6. The summed E-state index contributed by atoms with van der Waals surface area (Å²) in [6, 6.07) is 5.09. The van der Waals surface area contributed by atoms with Crippen molar-refractivity contribution in [1.82, 2.24) is 15.5 Å². The first-order valence-corrected chi connectivity index (χ1v) is 12.0. The van der Waals surface area contributed by atoms with E-state index in [1.165, 1.54) is 0 Å². The number of carbonyl (C=O) groups excluding carboxylic acids is 3. The Balaban J connectivity index is 2.37. The van der Waals surface area contributed by atoms with Crippen molar-refractivity contribution in [2.45, 2.75) is 98.4 Å². The van der Waals surface area contributed by atoms with Gasteiger partial charge in [-0.05, 0) is 77.0 Å². The molecular weight excluding hydrogens is 418 g/mol. The number of aryl methyl sites for hydroxylation is 2. The molecule has 1 aliphatic rings. The molecule has 1 fully saturated rings. The molecule has 3 amide bonds. The maximum Gasteiger partial charge on any atom is 0.408 e. The fourth-order valence-electron chi connectivity index (χ4n) is 4.25. The second-order valence-electron chi connectivity index (χ2n) is 10.3. The number of nitrogens with zero attached hydrogens (tertiary/aromatic N) is 1. The summed E-state index contributed by atoms with van der Waals surface area (Å²) < 4.78 is 5.28. The summed E-state index contributed by atoms with van der Waals surface area (Å²) in [4.78, 5) is 40.9. The second kappa shape index (κ2) is 11.0. The predicted octanol–water partition coefficient (Wildman–Crippen LogP) is 4.41. The van der Waals surface area contributed by atoms with E-state index in [0.717, 1.165) is 36.0 Å². The van der Waals surface area contributed by atoms with E-state index >= 15 is 0 Å². The lowest BCUT2D eigenvalue weighted by atomic mass is 9.93. The minimum atomic E-state index is -0.756. The SMILES string of the molecule is CCCC(C)NC(=O)C(c1c(C)cccc1C)N(C(=O)CNC(=O)OC(C)(C)C)C1CC1C. The zero-order chi connectivity index (χ0) is 24.9. The van der Waals surface area contributed by atoms with E-state index in [9.17, 15) is 14.4 Å². The third-order valence-electron chi connectivity index (χ3n) is 5.95. The number of carbonyl (C=O) groups is 3. The van der Waals surface area contributed by atoms with Gasteiger partial charge in [-0.2, -0.15) is 0 Å². The molecule has 0 bridgehead atoms. The number of ether oxygens (including phenoxy) is 1. The minimum absolute atomic E-state index is 0.00258. The molecule has 2 N–H and O–H groups in total. The van der Waals surface area contributed by atoms with Crippen LogP contribution in [0, 0.1) is 19.8 Å². The smallest absolute Gasteiger partial charge is 0.408 e. The van der Waals surface area contributed by atoms with Crippen LogP contribution in [0.5, 0.6) is 0 Å². The zero-order valence-corrected chi connectivity index (χ0v) is 21.5. The molecule has 2 rings (SSSR count). The Morgan fingerprint density at radius 1 is 1.18 bits per heavy atom. The van der Waals surface area contributed by atoms with Crippen molar-refractivity contribution in [1.29, 1.82) is 0 Å². The van der Waals surface area contributed by atoms with Crippen LogP contribution in [0.2, 0.25) is 0 Å². The van der Waals surface area contributed by atoms with Crippen molar-refractivity contribution in [3.05, 3.63) is 34.9 Å². The molecule has 0 aromatic heterocycles. The summed E-state index contributed by atoms with van der Waals surface area (Å²) >= 11 is 0. The Morgan fingerprint density at radius 2 is 1.76 bits per heavy atom. The minimum Gasteiger partial charge on any atom is -0.444 e. The molecule has 7 nitrogen and oxygen atoms in total. The zero-order valence-electron chi connectivity index (χ0n) is 21.5. The van der Waals surface area contributed by atoms with Gasteiger partial charge in [0.25, 0.3) is 0 Å². The fraction of sp³-hybridized carbons (Fsp3) is 0.654. The fourth-order valence-corrected chi connectivity index (χ4v) is 4.25. The number of nitrogens with one attached hydrogen (secondary N) is 2. The quantitative estimate of drug-likeness (QED) is 0.573. The summed E-state index contributed by atoms with van der Waals surface area (Å²) in [7, 11) is 0. The molecule has 7 heteroatoms. The Hall–Kier alpha value is -2.57. The first-order valence-electron chi connectivity index (χ1n) is 12.0. The summed E-state index contributed by atoms with van der Waals surface area (Å²) in [5.41, 5.74) is 2.12. The van der Waals surface area contributed by atoms with Crippen molar-refractivity contribution in [3.8, 4) is 0 Å². The van der Waals surface area contributed by atoms with Gasteiger partial charge in [-0.25, -0.2) is 4.79 Å². The molecule has 1 aliphatic carbocycles. The summed E-state index contributed by atoms with van der Waals surface area (Å²) in [5.74, 6) is -0.178. The van der Waals surface area contributed by atoms with Crippen LogP contribution in [0.3, 0.4) is 0 Å². The summed E-state index contributed by atoms with van der Waals surface area (Å²) in [5, 5.41) is 5.69. The van der Waals surface area contributed by atoms with E-state index in [1.807, 2.05) is 39.0 Å². The number of hydrogen-bond acceptors (Lipinski definition) is 4. The van der Waals surface area contributed by atoms with E-state index in [2.05, 4.69) is 24.5 Å². The maximum absolute atomic E-state index is 13.6. The summed E-state index contributed by atoms with van der Waals surface area (Å²) in [6.45, 7) is 15.2. The first-order chi connectivity index (χ1) is 15.4. The van der Waals surface area contributed by atoms with E-state index in [1.54, 1.807) is 25.7 Å². The van der Waals surface area contributed by atoms with Crippen LogP contribution in [0.4, 0.5) is 4.79 Å². The van der Waals surface area contributed by atoms with Crippen molar-refractivity contribution in [2.24, 2.45) is 5.92 Å². The van der Waals surface area contributed by atoms with Gasteiger partial charge in [0.15, 0.2) is 0 Å². The molecule has 1 aromatic rings. The van der Waals surface area contributed by atoms with Crippen LogP contribution < -0.4 is 10.6 Å². The molecule has 33 heavy (non-hydrogen) atoms. The van der Waals surface area contributed by atoms with Crippen molar-refractivity contribution >= 4 is 17.9 Å². The van der Waals surface area contributed by atoms with Crippen LogP contribution in [-0.2, 0) is 14.3 Å². The molecule has 0 heterocycles. The van der Waals surface area contributed by atoms with Gasteiger partial charge in [-0.1, -0.05) is 38.5 Å². The third kappa shape index (κ3) is 7.47. The number of benzene rings is 1. The highest BCUT2D eigenvalue weighted by Gasteiger charge is 2.47. The van der Waals surface area contributed by atoms with Gasteiger partial charge in [-0.3, -0.25) is 9.59 Å². The first kappa shape index (κ1) is 26.7. The lowest BCUT2D eigenvalue weighted by Gasteiger charge is -2.34. The lowest BCUT2D eigenvalue weighted by molar-refractivity contribution is -0.141. The molecule has 4 unspecified atom stereocenters. The molecule has 0 saturated heterocycles. The van der Waals surface area contributed by atoms with Crippen LogP contribution in [0.1, 0.15) is 83.5 Å². The number of amides is 3. The van der Waals surface area contributed by atoms with Gasteiger partial charge < -0.3 is 20.3 Å². The molecular formula is C26H41N3O4. The average Bonchev–Trinajstić information content (AvgIpc) is 3.39. The van der Waals surface area contributed by atoms with Crippen molar-refractivity contribution < 1.29 is 19.1 Å². The normalized spacial score (nSPS) is 19.3. The van der Waals surface area contributed by atoms with Gasteiger partial charge in [0, 0.05) is 12.1 Å². The molecule has 1 saturated carbocycles. The Labute approximate surface area is 198 Å². The Kier molecular flexibility index (Phi) is 8.92. The molecule has 1 aromatic carbocycles.